The Morgan fingerprint density at radius 2 is 1.78 bits per heavy atom. The van der Waals surface area contributed by atoms with E-state index in [1.165, 1.54) is 12.1 Å². The molecule has 0 bridgehead atoms. The Bertz CT molecular complexity index is 1460. The maximum absolute atomic E-state index is 15.2. The molecule has 2 heterocycles. The summed E-state index contributed by atoms with van der Waals surface area (Å²) < 4.78 is 42.1. The molecule has 0 radical (unpaired) electrons. The molecule has 9 nitrogen and oxygen atoms in total. The number of rotatable bonds is 20. The van der Waals surface area contributed by atoms with Gasteiger partial charge in [-0.15, -0.1) is 0 Å². The fraction of sp³-hybridized carbons (Fsp3) is 0.526. The van der Waals surface area contributed by atoms with E-state index >= 15 is 8.78 Å². The molecular weight excluding hydrogens is 626 g/mol. The van der Waals surface area contributed by atoms with Gasteiger partial charge in [-0.1, -0.05) is 56.2 Å². The van der Waals surface area contributed by atoms with Crippen LogP contribution in [0.1, 0.15) is 49.9 Å². The summed E-state index contributed by atoms with van der Waals surface area (Å²) in [4.78, 5) is 26.6. The predicted octanol–water partition coefficient (Wildman–Crippen LogP) is 5.11. The van der Waals surface area contributed by atoms with E-state index in [1.54, 1.807) is 23.1 Å². The van der Waals surface area contributed by atoms with Gasteiger partial charge in [-0.25, -0.2) is 13.8 Å². The second-order valence-corrected chi connectivity index (χ2v) is 13.2. The van der Waals surface area contributed by atoms with Crippen molar-refractivity contribution < 1.29 is 23.0 Å². The van der Waals surface area contributed by atoms with Gasteiger partial charge in [0.05, 0.1) is 24.4 Å². The molecule has 2 N–H and O–H groups in total. The number of hydrogen-bond acceptors (Lipinski definition) is 8. The third-order valence-corrected chi connectivity index (χ3v) is 8.97. The average Bonchev–Trinajstić information content (AvgIpc) is 3.06. The number of halogens is 2. The first-order chi connectivity index (χ1) is 23.6. The Labute approximate surface area is 291 Å². The number of likely N-dealkylation sites (N-methyl/N-ethyl adjacent to an activating group) is 2. The molecule has 268 valence electrons. The van der Waals surface area contributed by atoms with E-state index in [0.29, 0.717) is 55.9 Å². The smallest absolute Gasteiger partial charge is 0.240 e. The van der Waals surface area contributed by atoms with Gasteiger partial charge in [0.2, 0.25) is 5.91 Å². The lowest BCUT2D eigenvalue weighted by Crippen LogP contribution is -2.59. The Hall–Kier alpha value is -3.64. The minimum Gasteiger partial charge on any atom is -0.489 e. The SMILES string of the molecule is CCCCC(CN(Cc1ccc(F)c(N2CC(N(C)CCN(C)C)C2)n1)C(=O)[C@@H](N)Cc1ccc(OCc2ccccc2)cc1F)OCC. The first kappa shape index (κ1) is 38.2. The number of nitrogens with two attached hydrogens (primary N) is 1. The van der Waals surface area contributed by atoms with Crippen LogP contribution in [0, 0.1) is 11.6 Å². The van der Waals surface area contributed by atoms with Gasteiger partial charge in [-0.3, -0.25) is 9.69 Å². The lowest BCUT2D eigenvalue weighted by molar-refractivity contribution is -0.135. The van der Waals surface area contributed by atoms with Crippen molar-refractivity contribution in [1.29, 1.82) is 0 Å². The molecule has 1 aliphatic rings. The van der Waals surface area contributed by atoms with Crippen molar-refractivity contribution in [2.45, 2.75) is 70.9 Å². The first-order valence-corrected chi connectivity index (χ1v) is 17.4. The van der Waals surface area contributed by atoms with Crippen molar-refractivity contribution in [2.24, 2.45) is 5.73 Å². The number of hydrogen-bond donors (Lipinski definition) is 1. The topological polar surface area (TPSA) is 87.4 Å². The molecule has 4 rings (SSSR count). The van der Waals surface area contributed by atoms with Gasteiger partial charge < -0.3 is 29.9 Å². The number of benzene rings is 2. The third-order valence-electron chi connectivity index (χ3n) is 8.97. The number of carbonyl (C=O) groups is 1. The molecule has 1 amide bonds. The maximum Gasteiger partial charge on any atom is 0.240 e. The van der Waals surface area contributed by atoms with Crippen LogP contribution in [0.2, 0.25) is 0 Å². The van der Waals surface area contributed by atoms with E-state index in [4.69, 9.17) is 15.2 Å². The van der Waals surface area contributed by atoms with Gasteiger partial charge in [0.25, 0.3) is 0 Å². The third kappa shape index (κ3) is 11.5. The van der Waals surface area contributed by atoms with Crippen molar-refractivity contribution >= 4 is 11.7 Å². The van der Waals surface area contributed by atoms with E-state index in [0.717, 1.165) is 37.9 Å². The van der Waals surface area contributed by atoms with Crippen molar-refractivity contribution in [3.8, 4) is 5.75 Å². The minimum atomic E-state index is -1.01. The largest absolute Gasteiger partial charge is 0.489 e. The fourth-order valence-electron chi connectivity index (χ4n) is 5.88. The van der Waals surface area contributed by atoms with Crippen LogP contribution in [-0.4, -0.2) is 104 Å². The molecule has 0 aliphatic carbocycles. The molecule has 1 aromatic heterocycles. The van der Waals surface area contributed by atoms with Gasteiger partial charge in [-0.05, 0) is 70.2 Å². The van der Waals surface area contributed by atoms with E-state index in [1.807, 2.05) is 56.3 Å². The summed E-state index contributed by atoms with van der Waals surface area (Å²) in [5, 5.41) is 0. The summed E-state index contributed by atoms with van der Waals surface area (Å²) in [6.07, 6.45) is 2.52. The summed E-state index contributed by atoms with van der Waals surface area (Å²) in [6, 6.07) is 16.6. The van der Waals surface area contributed by atoms with Crippen LogP contribution >= 0.6 is 0 Å². The van der Waals surface area contributed by atoms with E-state index in [9.17, 15) is 4.79 Å². The number of amides is 1. The highest BCUT2D eigenvalue weighted by Crippen LogP contribution is 2.26. The summed E-state index contributed by atoms with van der Waals surface area (Å²) in [7, 11) is 6.18. The van der Waals surface area contributed by atoms with Crippen LogP contribution in [0.4, 0.5) is 14.6 Å². The number of unbranched alkanes of at least 4 members (excludes halogenated alkanes) is 1. The number of nitrogens with zero attached hydrogens (tertiary/aromatic N) is 5. The van der Waals surface area contributed by atoms with Crippen LogP contribution in [0.15, 0.2) is 60.7 Å². The summed E-state index contributed by atoms with van der Waals surface area (Å²) in [5.41, 5.74) is 8.34. The van der Waals surface area contributed by atoms with Crippen molar-refractivity contribution in [3.05, 3.63) is 89.1 Å². The molecule has 0 spiro atoms. The number of ether oxygens (including phenoxy) is 2. The van der Waals surface area contributed by atoms with Crippen LogP contribution in [0.5, 0.6) is 5.75 Å². The quantitative estimate of drug-likeness (QED) is 0.176. The molecular formula is C38H54F2N6O3. The van der Waals surface area contributed by atoms with E-state index in [2.05, 4.69) is 28.8 Å². The van der Waals surface area contributed by atoms with Crippen molar-refractivity contribution in [2.75, 3.05) is 65.4 Å². The Morgan fingerprint density at radius 3 is 2.45 bits per heavy atom. The van der Waals surface area contributed by atoms with Crippen LogP contribution < -0.4 is 15.4 Å². The Kier molecular flexibility index (Phi) is 14.8. The standard InChI is InChI=1S/C38H54F2N6O3/c1-6-8-14-33(48-7-2)26-46(23-30-16-18-34(39)37(42-30)45-24-31(25-45)44(5)20-19-43(3)4)38(47)36(41)21-29-15-17-32(22-35(29)40)49-27-28-12-10-9-11-13-28/h9-13,15-18,22,31,33,36H,6-8,14,19-21,23-27,41H2,1-5H3/t33?,36-/m0/s1. The van der Waals surface area contributed by atoms with E-state index < -0.39 is 17.7 Å². The Morgan fingerprint density at radius 1 is 1.02 bits per heavy atom. The number of carbonyl (C=O) groups excluding carboxylic acids is 1. The van der Waals surface area contributed by atoms with E-state index in [-0.39, 0.29) is 30.8 Å². The molecule has 11 heteroatoms. The summed E-state index contributed by atoms with van der Waals surface area (Å²) >= 11 is 0. The molecule has 3 aromatic rings. The zero-order valence-electron chi connectivity index (χ0n) is 29.8. The predicted molar refractivity (Wildman–Crippen MR) is 191 cm³/mol. The molecule has 49 heavy (non-hydrogen) atoms. The lowest BCUT2D eigenvalue weighted by atomic mass is 10.0. The second-order valence-electron chi connectivity index (χ2n) is 13.2. The highest BCUT2D eigenvalue weighted by atomic mass is 19.1. The zero-order chi connectivity index (χ0) is 35.3. The van der Waals surface area contributed by atoms with Gasteiger partial charge in [0, 0.05) is 51.4 Å². The van der Waals surface area contributed by atoms with Crippen molar-refractivity contribution in [3.63, 3.8) is 0 Å². The number of pyridine rings is 1. The van der Waals surface area contributed by atoms with Crippen LogP contribution in [0.25, 0.3) is 0 Å². The molecule has 2 atom stereocenters. The zero-order valence-corrected chi connectivity index (χ0v) is 29.8. The average molecular weight is 681 g/mol. The molecule has 1 unspecified atom stereocenters. The Balaban J connectivity index is 1.46. The number of anilines is 1. The molecule has 1 fully saturated rings. The number of aromatic nitrogens is 1. The highest BCUT2D eigenvalue weighted by Gasteiger charge is 2.33. The summed E-state index contributed by atoms with van der Waals surface area (Å²) in [5.74, 6) is -0.538. The van der Waals surface area contributed by atoms with Gasteiger partial charge >= 0.3 is 0 Å². The minimum absolute atomic E-state index is 0.00694. The molecule has 1 aliphatic heterocycles. The van der Waals surface area contributed by atoms with Gasteiger partial charge in [0.1, 0.15) is 18.2 Å². The molecule has 2 aromatic carbocycles. The lowest BCUT2D eigenvalue weighted by Gasteiger charge is -2.45. The van der Waals surface area contributed by atoms with Gasteiger partial charge in [-0.2, -0.15) is 0 Å². The van der Waals surface area contributed by atoms with Crippen LogP contribution in [-0.2, 0) is 29.1 Å². The second kappa shape index (κ2) is 18.9. The highest BCUT2D eigenvalue weighted by molar-refractivity contribution is 5.82. The van der Waals surface area contributed by atoms with Crippen LogP contribution in [0.3, 0.4) is 0 Å². The molecule has 0 saturated carbocycles. The van der Waals surface area contributed by atoms with Gasteiger partial charge in [0.15, 0.2) is 11.6 Å². The maximum atomic E-state index is 15.2. The van der Waals surface area contributed by atoms with Crippen molar-refractivity contribution in [1.82, 2.24) is 19.7 Å². The summed E-state index contributed by atoms with van der Waals surface area (Å²) in [6.45, 7) is 8.51. The molecule has 1 saturated heterocycles. The monoisotopic (exact) mass is 680 g/mol. The fourth-order valence-corrected chi connectivity index (χ4v) is 5.88. The normalized spacial score (nSPS) is 14.6. The first-order valence-electron chi connectivity index (χ1n) is 17.4.